The van der Waals surface area contributed by atoms with Gasteiger partial charge in [-0.3, -0.25) is 4.79 Å². The van der Waals surface area contributed by atoms with Crippen LogP contribution < -0.4 is 11.1 Å². The van der Waals surface area contributed by atoms with E-state index < -0.39 is 0 Å². The third-order valence-electron chi connectivity index (χ3n) is 1.51. The maximum absolute atomic E-state index is 10.7. The van der Waals surface area contributed by atoms with Gasteiger partial charge in [-0.05, 0) is 13.3 Å². The molecule has 1 amide bonds. The Morgan fingerprint density at radius 3 is 2.89 bits per heavy atom. The molecule has 0 saturated carbocycles. The van der Waals surface area contributed by atoms with E-state index in [1.807, 2.05) is 6.92 Å². The molecular weight excluding hydrogens is 116 g/mol. The Kier molecular flexibility index (Phi) is 1.71. The van der Waals surface area contributed by atoms with E-state index in [0.29, 0.717) is 6.42 Å². The molecule has 52 valence electrons. The van der Waals surface area contributed by atoms with Gasteiger partial charge in [0.1, 0.15) is 0 Å². The van der Waals surface area contributed by atoms with E-state index in [2.05, 4.69) is 5.32 Å². The summed E-state index contributed by atoms with van der Waals surface area (Å²) in [5.74, 6) is 0.0845. The molecule has 1 fully saturated rings. The number of nitrogens with one attached hydrogen (secondary N) is 1. The maximum atomic E-state index is 10.7. The quantitative estimate of drug-likeness (QED) is 0.467. The van der Waals surface area contributed by atoms with Crippen LogP contribution >= 0.6 is 0 Å². The minimum atomic E-state index is 0.0775. The van der Waals surface area contributed by atoms with E-state index in [0.717, 1.165) is 6.42 Å². The number of hydrogen-bond donors (Lipinski definition) is 2. The van der Waals surface area contributed by atoms with Crippen LogP contribution in [0.5, 0.6) is 0 Å². The number of amides is 1. The first-order valence-corrected chi connectivity index (χ1v) is 3.23. The zero-order chi connectivity index (χ0) is 6.85. The second kappa shape index (κ2) is 2.35. The van der Waals surface area contributed by atoms with Gasteiger partial charge < -0.3 is 11.1 Å². The number of carbonyl (C=O) groups excluding carboxylic acids is 1. The largest absolute Gasteiger partial charge is 0.354 e. The lowest BCUT2D eigenvalue weighted by Crippen LogP contribution is -2.45. The summed E-state index contributed by atoms with van der Waals surface area (Å²) in [7, 11) is 0. The third-order valence-corrected chi connectivity index (χ3v) is 1.51. The SMILES string of the molecule is CC1CC(N)CC(=O)N1. The van der Waals surface area contributed by atoms with Crippen molar-refractivity contribution in [1.82, 2.24) is 5.32 Å². The average Bonchev–Trinajstić information content (AvgIpc) is 1.59. The summed E-state index contributed by atoms with van der Waals surface area (Å²) in [6, 6.07) is 0.343. The van der Waals surface area contributed by atoms with Gasteiger partial charge in [0.2, 0.25) is 5.91 Å². The highest BCUT2D eigenvalue weighted by atomic mass is 16.1. The summed E-state index contributed by atoms with van der Waals surface area (Å²) in [4.78, 5) is 10.7. The molecule has 3 heteroatoms. The van der Waals surface area contributed by atoms with Crippen molar-refractivity contribution in [2.45, 2.75) is 31.8 Å². The lowest BCUT2D eigenvalue weighted by Gasteiger charge is -2.24. The topological polar surface area (TPSA) is 55.1 Å². The predicted octanol–water partition coefficient (Wildman–Crippen LogP) is -0.388. The molecule has 0 bridgehead atoms. The van der Waals surface area contributed by atoms with Gasteiger partial charge in [0.25, 0.3) is 0 Å². The van der Waals surface area contributed by atoms with E-state index in [4.69, 9.17) is 5.73 Å². The molecule has 0 aliphatic carbocycles. The summed E-state index contributed by atoms with van der Waals surface area (Å²) < 4.78 is 0. The summed E-state index contributed by atoms with van der Waals surface area (Å²) in [5, 5.41) is 2.79. The Morgan fingerprint density at radius 1 is 1.78 bits per heavy atom. The zero-order valence-electron chi connectivity index (χ0n) is 5.55. The Hall–Kier alpha value is -0.570. The molecule has 0 aromatic rings. The molecule has 2 unspecified atom stereocenters. The van der Waals surface area contributed by atoms with Gasteiger partial charge in [-0.25, -0.2) is 0 Å². The van der Waals surface area contributed by atoms with Crippen molar-refractivity contribution in [3.05, 3.63) is 0 Å². The van der Waals surface area contributed by atoms with Crippen molar-refractivity contribution in [2.75, 3.05) is 0 Å². The van der Waals surface area contributed by atoms with Crippen molar-refractivity contribution in [3.63, 3.8) is 0 Å². The lowest BCUT2D eigenvalue weighted by atomic mass is 10.0. The van der Waals surface area contributed by atoms with Gasteiger partial charge in [-0.1, -0.05) is 0 Å². The van der Waals surface area contributed by atoms with Crippen molar-refractivity contribution in [1.29, 1.82) is 0 Å². The highest BCUT2D eigenvalue weighted by molar-refractivity contribution is 5.77. The number of hydrogen-bond acceptors (Lipinski definition) is 2. The third kappa shape index (κ3) is 1.68. The van der Waals surface area contributed by atoms with E-state index in [-0.39, 0.29) is 18.0 Å². The Balaban J connectivity index is 2.43. The monoisotopic (exact) mass is 128 g/mol. The van der Waals surface area contributed by atoms with Gasteiger partial charge in [0, 0.05) is 18.5 Å². The van der Waals surface area contributed by atoms with E-state index in [9.17, 15) is 4.79 Å². The van der Waals surface area contributed by atoms with E-state index in [1.54, 1.807) is 0 Å². The predicted molar refractivity (Wildman–Crippen MR) is 34.8 cm³/mol. The van der Waals surface area contributed by atoms with E-state index in [1.165, 1.54) is 0 Å². The average molecular weight is 128 g/mol. The summed E-state index contributed by atoms with van der Waals surface area (Å²) in [6.45, 7) is 1.97. The molecule has 2 atom stereocenters. The van der Waals surface area contributed by atoms with Crippen LogP contribution in [0, 0.1) is 0 Å². The van der Waals surface area contributed by atoms with Crippen LogP contribution in [0.15, 0.2) is 0 Å². The van der Waals surface area contributed by atoms with Gasteiger partial charge in [0.05, 0.1) is 0 Å². The van der Waals surface area contributed by atoms with Gasteiger partial charge in [-0.15, -0.1) is 0 Å². The first-order valence-electron chi connectivity index (χ1n) is 3.23. The zero-order valence-corrected chi connectivity index (χ0v) is 5.55. The molecule has 0 aromatic heterocycles. The summed E-state index contributed by atoms with van der Waals surface area (Å²) in [6.07, 6.45) is 1.40. The molecule has 1 aliphatic rings. The molecule has 0 radical (unpaired) electrons. The molecule has 3 N–H and O–H groups in total. The Labute approximate surface area is 54.6 Å². The van der Waals surface area contributed by atoms with Crippen LogP contribution in [0.3, 0.4) is 0 Å². The summed E-state index contributed by atoms with van der Waals surface area (Å²) >= 11 is 0. The van der Waals surface area contributed by atoms with Crippen molar-refractivity contribution < 1.29 is 4.79 Å². The number of nitrogens with two attached hydrogens (primary N) is 1. The molecule has 1 aliphatic heterocycles. The number of carbonyl (C=O) groups is 1. The van der Waals surface area contributed by atoms with Gasteiger partial charge in [0.15, 0.2) is 0 Å². The molecule has 3 nitrogen and oxygen atoms in total. The second-order valence-electron chi connectivity index (χ2n) is 2.67. The first-order chi connectivity index (χ1) is 4.18. The molecular formula is C6H12N2O. The van der Waals surface area contributed by atoms with Crippen LogP contribution in [-0.4, -0.2) is 18.0 Å². The first kappa shape index (κ1) is 6.55. The molecule has 9 heavy (non-hydrogen) atoms. The van der Waals surface area contributed by atoms with Crippen molar-refractivity contribution in [2.24, 2.45) is 5.73 Å². The number of piperidine rings is 1. The van der Waals surface area contributed by atoms with Crippen LogP contribution in [-0.2, 0) is 4.79 Å². The highest BCUT2D eigenvalue weighted by Crippen LogP contribution is 2.05. The van der Waals surface area contributed by atoms with Gasteiger partial charge in [-0.2, -0.15) is 0 Å². The lowest BCUT2D eigenvalue weighted by molar-refractivity contribution is -0.123. The minimum absolute atomic E-state index is 0.0775. The smallest absolute Gasteiger partial charge is 0.221 e. The highest BCUT2D eigenvalue weighted by Gasteiger charge is 2.19. The van der Waals surface area contributed by atoms with E-state index >= 15 is 0 Å². The maximum Gasteiger partial charge on any atom is 0.221 e. The normalized spacial score (nSPS) is 36.0. The standard InChI is InChI=1S/C6H12N2O/c1-4-2-5(7)3-6(9)8-4/h4-5H,2-3,7H2,1H3,(H,8,9). The number of rotatable bonds is 0. The van der Waals surface area contributed by atoms with Crippen LogP contribution in [0.25, 0.3) is 0 Å². The fourth-order valence-corrected chi connectivity index (χ4v) is 1.17. The molecule has 0 aromatic carbocycles. The van der Waals surface area contributed by atoms with Crippen LogP contribution in [0.2, 0.25) is 0 Å². The molecule has 1 saturated heterocycles. The fourth-order valence-electron chi connectivity index (χ4n) is 1.17. The van der Waals surface area contributed by atoms with Crippen LogP contribution in [0.1, 0.15) is 19.8 Å². The van der Waals surface area contributed by atoms with Crippen molar-refractivity contribution in [3.8, 4) is 0 Å². The molecule has 1 heterocycles. The molecule has 0 spiro atoms. The Morgan fingerprint density at radius 2 is 2.44 bits per heavy atom. The van der Waals surface area contributed by atoms with Crippen molar-refractivity contribution >= 4 is 5.91 Å². The molecule has 1 rings (SSSR count). The van der Waals surface area contributed by atoms with Crippen LogP contribution in [0.4, 0.5) is 0 Å². The van der Waals surface area contributed by atoms with Gasteiger partial charge >= 0.3 is 0 Å². The fraction of sp³-hybridized carbons (Fsp3) is 0.833. The minimum Gasteiger partial charge on any atom is -0.354 e. The summed E-state index contributed by atoms with van der Waals surface area (Å²) in [5.41, 5.74) is 5.55. The Bertz CT molecular complexity index is 112. The second-order valence-corrected chi connectivity index (χ2v) is 2.67.